The van der Waals surface area contributed by atoms with Crippen LogP contribution in [0.1, 0.15) is 40.0 Å². The maximum absolute atomic E-state index is 11.1. The maximum atomic E-state index is 11.1. The average Bonchev–Trinajstić information content (AvgIpc) is 2.16. The molecule has 1 rings (SSSR count). The van der Waals surface area contributed by atoms with E-state index in [1.54, 1.807) is 0 Å². The quantitative estimate of drug-likeness (QED) is 0.813. The summed E-state index contributed by atoms with van der Waals surface area (Å²) < 4.78 is 24.9. The highest BCUT2D eigenvalue weighted by Gasteiger charge is 2.29. The number of likely N-dealkylation sites (tertiary alicyclic amines) is 1. The van der Waals surface area contributed by atoms with Gasteiger partial charge in [0.2, 0.25) is 10.0 Å². The van der Waals surface area contributed by atoms with Gasteiger partial charge >= 0.3 is 0 Å². The standard InChI is InChI=1S/C11H24N2O2S/c1-5-11(2,3)13-8-6-10(7-9-13)12-16(4,14)15/h10,12H,5-9H2,1-4H3. The number of nitrogens with one attached hydrogen (secondary N) is 1. The molecule has 1 fully saturated rings. The molecular weight excluding hydrogens is 224 g/mol. The largest absolute Gasteiger partial charge is 0.298 e. The van der Waals surface area contributed by atoms with Gasteiger partial charge in [-0.2, -0.15) is 0 Å². The van der Waals surface area contributed by atoms with Gasteiger partial charge < -0.3 is 0 Å². The van der Waals surface area contributed by atoms with Crippen LogP contribution in [0.5, 0.6) is 0 Å². The Balaban J connectivity index is 2.46. The lowest BCUT2D eigenvalue weighted by Gasteiger charge is -2.42. The van der Waals surface area contributed by atoms with E-state index < -0.39 is 10.0 Å². The van der Waals surface area contributed by atoms with Crippen molar-refractivity contribution in [1.82, 2.24) is 9.62 Å². The number of hydrogen-bond donors (Lipinski definition) is 1. The molecule has 0 unspecified atom stereocenters. The highest BCUT2D eigenvalue weighted by atomic mass is 32.2. The smallest absolute Gasteiger partial charge is 0.208 e. The van der Waals surface area contributed by atoms with Crippen LogP contribution in [0, 0.1) is 0 Å². The van der Waals surface area contributed by atoms with Gasteiger partial charge in [-0.15, -0.1) is 0 Å². The lowest BCUT2D eigenvalue weighted by molar-refractivity contribution is 0.0834. The van der Waals surface area contributed by atoms with Gasteiger partial charge in [-0.1, -0.05) is 6.92 Å². The van der Waals surface area contributed by atoms with Gasteiger partial charge in [0.25, 0.3) is 0 Å². The Morgan fingerprint density at radius 1 is 1.31 bits per heavy atom. The summed E-state index contributed by atoms with van der Waals surface area (Å²) in [5.41, 5.74) is 0.232. The molecule has 0 aliphatic carbocycles. The minimum Gasteiger partial charge on any atom is -0.298 e. The highest BCUT2D eigenvalue weighted by molar-refractivity contribution is 7.88. The molecular formula is C11H24N2O2S. The van der Waals surface area contributed by atoms with Crippen LogP contribution in [0.4, 0.5) is 0 Å². The summed E-state index contributed by atoms with van der Waals surface area (Å²) in [6, 6.07) is 0.124. The zero-order chi connectivity index (χ0) is 12.4. The van der Waals surface area contributed by atoms with E-state index in [1.165, 1.54) is 6.26 Å². The molecule has 1 aliphatic rings. The van der Waals surface area contributed by atoms with Crippen molar-refractivity contribution in [2.45, 2.75) is 51.6 Å². The summed E-state index contributed by atoms with van der Waals surface area (Å²) in [7, 11) is -3.05. The van der Waals surface area contributed by atoms with Crippen LogP contribution in [0.15, 0.2) is 0 Å². The summed E-state index contributed by atoms with van der Waals surface area (Å²) in [5, 5.41) is 0. The molecule has 0 bridgehead atoms. The van der Waals surface area contributed by atoms with Gasteiger partial charge in [0, 0.05) is 24.7 Å². The third kappa shape index (κ3) is 4.03. The van der Waals surface area contributed by atoms with Crippen LogP contribution < -0.4 is 4.72 Å². The Bertz CT molecular complexity index is 317. The maximum Gasteiger partial charge on any atom is 0.208 e. The summed E-state index contributed by atoms with van der Waals surface area (Å²) in [4.78, 5) is 2.45. The fraction of sp³-hybridized carbons (Fsp3) is 1.00. The zero-order valence-electron chi connectivity index (χ0n) is 10.8. The van der Waals surface area contributed by atoms with Crippen molar-refractivity contribution >= 4 is 10.0 Å². The van der Waals surface area contributed by atoms with Crippen molar-refractivity contribution in [1.29, 1.82) is 0 Å². The van der Waals surface area contributed by atoms with Crippen molar-refractivity contribution < 1.29 is 8.42 Å². The van der Waals surface area contributed by atoms with Crippen LogP contribution in [0.2, 0.25) is 0 Å². The Morgan fingerprint density at radius 2 is 1.81 bits per heavy atom. The molecule has 0 aromatic carbocycles. The second-order valence-corrected chi connectivity index (χ2v) is 7.10. The van der Waals surface area contributed by atoms with Crippen molar-refractivity contribution in [3.8, 4) is 0 Å². The van der Waals surface area contributed by atoms with E-state index >= 15 is 0 Å². The van der Waals surface area contributed by atoms with Crippen LogP contribution in [0.3, 0.4) is 0 Å². The lowest BCUT2D eigenvalue weighted by Crippen LogP contribution is -2.51. The van der Waals surface area contributed by atoms with Gasteiger partial charge in [-0.3, -0.25) is 4.90 Å². The van der Waals surface area contributed by atoms with Crippen molar-refractivity contribution in [2.75, 3.05) is 19.3 Å². The van der Waals surface area contributed by atoms with Gasteiger partial charge in [0.15, 0.2) is 0 Å². The molecule has 96 valence electrons. The molecule has 0 amide bonds. The van der Waals surface area contributed by atoms with Crippen molar-refractivity contribution in [3.05, 3.63) is 0 Å². The molecule has 1 aliphatic heterocycles. The summed E-state index contributed by atoms with van der Waals surface area (Å²) in [6.45, 7) is 8.65. The molecule has 0 aromatic rings. The first-order valence-corrected chi connectivity index (χ1v) is 7.86. The molecule has 0 spiro atoms. The average molecular weight is 248 g/mol. The molecule has 1 heterocycles. The Morgan fingerprint density at radius 3 is 2.19 bits per heavy atom. The highest BCUT2D eigenvalue weighted by Crippen LogP contribution is 2.23. The fourth-order valence-electron chi connectivity index (χ4n) is 2.13. The predicted octanol–water partition coefficient (Wildman–Crippen LogP) is 1.19. The Hall–Kier alpha value is -0.130. The number of rotatable bonds is 4. The first-order valence-electron chi connectivity index (χ1n) is 5.97. The number of nitrogens with zero attached hydrogens (tertiary/aromatic N) is 1. The van der Waals surface area contributed by atoms with Gasteiger partial charge in [0.05, 0.1) is 6.26 Å². The molecule has 1 saturated heterocycles. The number of piperidine rings is 1. The summed E-state index contributed by atoms with van der Waals surface area (Å²) in [5.74, 6) is 0. The van der Waals surface area contributed by atoms with E-state index in [9.17, 15) is 8.42 Å². The topological polar surface area (TPSA) is 49.4 Å². The zero-order valence-corrected chi connectivity index (χ0v) is 11.6. The lowest BCUT2D eigenvalue weighted by atomic mass is 9.94. The molecule has 5 heteroatoms. The third-order valence-electron chi connectivity index (χ3n) is 3.60. The molecule has 1 N–H and O–H groups in total. The molecule has 16 heavy (non-hydrogen) atoms. The fourth-order valence-corrected chi connectivity index (χ4v) is 2.97. The van der Waals surface area contributed by atoms with E-state index in [-0.39, 0.29) is 11.6 Å². The van der Waals surface area contributed by atoms with E-state index in [2.05, 4.69) is 30.4 Å². The molecule has 0 saturated carbocycles. The molecule has 0 atom stereocenters. The van der Waals surface area contributed by atoms with E-state index in [0.29, 0.717) is 0 Å². The van der Waals surface area contributed by atoms with Gasteiger partial charge in [-0.25, -0.2) is 13.1 Å². The number of sulfonamides is 1. The first-order chi connectivity index (χ1) is 7.24. The second kappa shape index (κ2) is 5.02. The molecule has 0 radical (unpaired) electrons. The minimum atomic E-state index is -3.05. The van der Waals surface area contributed by atoms with Crippen LogP contribution in [-0.2, 0) is 10.0 Å². The summed E-state index contributed by atoms with van der Waals surface area (Å²) in [6.07, 6.45) is 4.18. The molecule has 0 aromatic heterocycles. The van der Waals surface area contributed by atoms with E-state index in [1.807, 2.05) is 0 Å². The first kappa shape index (κ1) is 13.9. The predicted molar refractivity (Wildman–Crippen MR) is 66.9 cm³/mol. The van der Waals surface area contributed by atoms with Gasteiger partial charge in [0.1, 0.15) is 0 Å². The van der Waals surface area contributed by atoms with Crippen LogP contribution in [0.25, 0.3) is 0 Å². The van der Waals surface area contributed by atoms with Crippen LogP contribution >= 0.6 is 0 Å². The second-order valence-electron chi connectivity index (χ2n) is 5.32. The van der Waals surface area contributed by atoms with E-state index in [0.717, 1.165) is 32.4 Å². The molecule has 4 nitrogen and oxygen atoms in total. The third-order valence-corrected chi connectivity index (χ3v) is 4.36. The SMILES string of the molecule is CCC(C)(C)N1CCC(NS(C)(=O)=O)CC1. The van der Waals surface area contributed by atoms with Crippen molar-refractivity contribution in [3.63, 3.8) is 0 Å². The monoisotopic (exact) mass is 248 g/mol. The Labute approximate surface area is 99.5 Å². The Kier molecular flexibility index (Phi) is 4.37. The van der Waals surface area contributed by atoms with Crippen LogP contribution in [-0.4, -0.2) is 44.2 Å². The minimum absolute atomic E-state index is 0.124. The van der Waals surface area contributed by atoms with Gasteiger partial charge in [-0.05, 0) is 33.1 Å². The normalized spacial score (nSPS) is 21.2. The number of hydrogen-bond acceptors (Lipinski definition) is 3. The summed E-state index contributed by atoms with van der Waals surface area (Å²) >= 11 is 0. The van der Waals surface area contributed by atoms with Crippen molar-refractivity contribution in [2.24, 2.45) is 0 Å². The van der Waals surface area contributed by atoms with E-state index in [4.69, 9.17) is 0 Å².